The average Bonchev–Trinajstić information content (AvgIpc) is 3.30. The molecule has 0 atom stereocenters. The summed E-state index contributed by atoms with van der Waals surface area (Å²) >= 11 is 6.05. The highest BCUT2D eigenvalue weighted by atomic mass is 35.5. The van der Waals surface area contributed by atoms with Crippen molar-refractivity contribution in [1.29, 1.82) is 0 Å². The van der Waals surface area contributed by atoms with Gasteiger partial charge in [-0.2, -0.15) is 5.10 Å². The van der Waals surface area contributed by atoms with E-state index in [2.05, 4.69) is 36.5 Å². The van der Waals surface area contributed by atoms with Crippen molar-refractivity contribution in [3.8, 4) is 11.5 Å². The van der Waals surface area contributed by atoms with Gasteiger partial charge >= 0.3 is 0 Å². The number of nitrogens with one attached hydrogen (secondary N) is 3. The fourth-order valence-electron chi connectivity index (χ4n) is 3.11. The fourth-order valence-corrected chi connectivity index (χ4v) is 3.28. The van der Waals surface area contributed by atoms with Crippen molar-refractivity contribution in [2.45, 2.75) is 6.54 Å². The number of anilines is 1. The molecule has 0 bridgehead atoms. The molecule has 5 rings (SSSR count). The highest BCUT2D eigenvalue weighted by Crippen LogP contribution is 2.28. The largest absolute Gasteiger partial charge is 0.381 e. The number of halogens is 1. The van der Waals surface area contributed by atoms with Gasteiger partial charge in [-0.3, -0.25) is 10.1 Å². The van der Waals surface area contributed by atoms with E-state index in [9.17, 15) is 0 Å². The topological polar surface area (TPSA) is 82.3 Å². The first-order valence-corrected chi connectivity index (χ1v) is 8.90. The number of pyridine rings is 1. The summed E-state index contributed by atoms with van der Waals surface area (Å²) in [7, 11) is 0. The maximum absolute atomic E-state index is 6.05. The van der Waals surface area contributed by atoms with Gasteiger partial charge in [0.1, 0.15) is 5.69 Å². The summed E-state index contributed by atoms with van der Waals surface area (Å²) in [5.74, 6) is 0.727. The lowest BCUT2D eigenvalue weighted by Crippen LogP contribution is -1.98. The molecule has 0 spiro atoms. The van der Waals surface area contributed by atoms with Crippen LogP contribution in [-0.2, 0) is 6.54 Å². The number of aromatic nitrogens is 5. The second-order valence-corrected chi connectivity index (χ2v) is 6.72. The van der Waals surface area contributed by atoms with Crippen molar-refractivity contribution in [2.75, 3.05) is 5.32 Å². The zero-order chi connectivity index (χ0) is 18.2. The van der Waals surface area contributed by atoms with Gasteiger partial charge in [-0.1, -0.05) is 11.6 Å². The Morgan fingerprint density at radius 1 is 0.963 bits per heavy atom. The van der Waals surface area contributed by atoms with Gasteiger partial charge in [-0.25, -0.2) is 4.98 Å². The van der Waals surface area contributed by atoms with Gasteiger partial charge in [0.2, 0.25) is 0 Å². The van der Waals surface area contributed by atoms with Crippen LogP contribution in [0.5, 0.6) is 0 Å². The Bertz CT molecular complexity index is 1240. The van der Waals surface area contributed by atoms with Crippen LogP contribution in [-0.4, -0.2) is 25.1 Å². The molecule has 3 heterocycles. The molecule has 27 heavy (non-hydrogen) atoms. The third-order valence-electron chi connectivity index (χ3n) is 4.48. The Morgan fingerprint density at radius 2 is 1.85 bits per heavy atom. The molecule has 0 radical (unpaired) electrons. The zero-order valence-corrected chi connectivity index (χ0v) is 15.0. The van der Waals surface area contributed by atoms with Gasteiger partial charge in [-0.15, -0.1) is 0 Å². The number of aromatic amines is 2. The van der Waals surface area contributed by atoms with E-state index in [0.29, 0.717) is 5.02 Å². The minimum Gasteiger partial charge on any atom is -0.381 e. The molecule has 132 valence electrons. The highest BCUT2D eigenvalue weighted by Gasteiger charge is 2.13. The molecule has 6 nitrogen and oxygen atoms in total. The van der Waals surface area contributed by atoms with E-state index in [1.807, 2.05) is 42.5 Å². The average molecular weight is 375 g/mol. The van der Waals surface area contributed by atoms with Crippen molar-refractivity contribution in [3.05, 3.63) is 71.5 Å². The summed E-state index contributed by atoms with van der Waals surface area (Å²) in [6, 6.07) is 15.7. The van der Waals surface area contributed by atoms with E-state index in [4.69, 9.17) is 11.6 Å². The molecule has 0 aliphatic rings. The SMILES string of the molecule is Clc1ccc2c(-c3nc4ccc(NCc5ccncc5)cc4[nH]3)n[nH]c2c1. The smallest absolute Gasteiger partial charge is 0.159 e. The number of hydrogen-bond donors (Lipinski definition) is 3. The first-order valence-electron chi connectivity index (χ1n) is 8.53. The van der Waals surface area contributed by atoms with Crippen LogP contribution >= 0.6 is 11.6 Å². The third kappa shape index (κ3) is 3.00. The molecule has 0 fully saturated rings. The lowest BCUT2D eigenvalue weighted by atomic mass is 10.2. The maximum atomic E-state index is 6.05. The number of benzene rings is 2. The van der Waals surface area contributed by atoms with Crippen molar-refractivity contribution in [3.63, 3.8) is 0 Å². The summed E-state index contributed by atoms with van der Waals surface area (Å²) in [5, 5.41) is 12.5. The van der Waals surface area contributed by atoms with Crippen molar-refractivity contribution >= 4 is 39.2 Å². The number of fused-ring (bicyclic) bond motifs is 2. The van der Waals surface area contributed by atoms with Crippen LogP contribution < -0.4 is 5.32 Å². The first-order chi connectivity index (χ1) is 13.3. The summed E-state index contributed by atoms with van der Waals surface area (Å²) in [6.07, 6.45) is 3.59. The second-order valence-electron chi connectivity index (χ2n) is 6.29. The van der Waals surface area contributed by atoms with Gasteiger partial charge in [0.25, 0.3) is 0 Å². The molecule has 3 aromatic heterocycles. The molecule has 0 saturated carbocycles. The highest BCUT2D eigenvalue weighted by molar-refractivity contribution is 6.31. The van der Waals surface area contributed by atoms with E-state index in [1.54, 1.807) is 12.4 Å². The van der Waals surface area contributed by atoms with Gasteiger partial charge in [0.05, 0.1) is 16.6 Å². The molecule has 0 aliphatic carbocycles. The molecule has 0 aliphatic heterocycles. The van der Waals surface area contributed by atoms with Gasteiger partial charge in [0.15, 0.2) is 5.82 Å². The van der Waals surface area contributed by atoms with Crippen molar-refractivity contribution in [2.24, 2.45) is 0 Å². The lowest BCUT2D eigenvalue weighted by Gasteiger charge is -2.05. The predicted octanol–water partition coefficient (Wildman–Crippen LogP) is 4.77. The summed E-state index contributed by atoms with van der Waals surface area (Å²) in [5.41, 5.74) is 5.71. The fraction of sp³-hybridized carbons (Fsp3) is 0.0500. The standard InChI is InChI=1S/C20H15ClN6/c21-13-1-3-15-17(9-13)26-27-19(15)20-24-16-4-2-14(10-18(16)25-20)23-11-12-5-7-22-8-6-12/h1-10,23H,11H2,(H,24,25)(H,26,27). The van der Waals surface area contributed by atoms with Gasteiger partial charge < -0.3 is 10.3 Å². The summed E-state index contributed by atoms with van der Waals surface area (Å²) in [6.45, 7) is 0.736. The van der Waals surface area contributed by atoms with Crippen LogP contribution in [0.25, 0.3) is 33.5 Å². The van der Waals surface area contributed by atoms with Crippen molar-refractivity contribution in [1.82, 2.24) is 25.1 Å². The Labute approximate surface area is 159 Å². The molecule has 7 heteroatoms. The van der Waals surface area contributed by atoms with Crippen LogP contribution in [0.15, 0.2) is 60.9 Å². The van der Waals surface area contributed by atoms with Crippen LogP contribution in [0.2, 0.25) is 5.02 Å². The number of imidazole rings is 1. The van der Waals surface area contributed by atoms with Crippen LogP contribution in [0.1, 0.15) is 5.56 Å². The van der Waals surface area contributed by atoms with E-state index in [-0.39, 0.29) is 0 Å². The monoisotopic (exact) mass is 374 g/mol. The van der Waals surface area contributed by atoms with E-state index < -0.39 is 0 Å². The molecular weight excluding hydrogens is 360 g/mol. The predicted molar refractivity (Wildman–Crippen MR) is 108 cm³/mol. The minimum atomic E-state index is 0.673. The molecule has 3 N–H and O–H groups in total. The Morgan fingerprint density at radius 3 is 2.74 bits per heavy atom. The van der Waals surface area contributed by atoms with Crippen LogP contribution in [0.3, 0.4) is 0 Å². The number of nitrogens with zero attached hydrogens (tertiary/aromatic N) is 3. The van der Waals surface area contributed by atoms with Gasteiger partial charge in [0, 0.05) is 35.0 Å². The summed E-state index contributed by atoms with van der Waals surface area (Å²) in [4.78, 5) is 12.1. The Kier molecular flexibility index (Phi) is 3.76. The lowest BCUT2D eigenvalue weighted by molar-refractivity contribution is 1.11. The molecular formula is C20H15ClN6. The quantitative estimate of drug-likeness (QED) is 0.423. The molecule has 2 aromatic carbocycles. The molecule has 0 saturated heterocycles. The van der Waals surface area contributed by atoms with Gasteiger partial charge in [-0.05, 0) is 54.1 Å². The number of rotatable bonds is 4. The third-order valence-corrected chi connectivity index (χ3v) is 4.71. The van der Waals surface area contributed by atoms with E-state index >= 15 is 0 Å². The Balaban J connectivity index is 1.46. The molecule has 0 unspecified atom stereocenters. The van der Waals surface area contributed by atoms with E-state index in [1.165, 1.54) is 5.56 Å². The summed E-state index contributed by atoms with van der Waals surface area (Å²) < 4.78 is 0. The maximum Gasteiger partial charge on any atom is 0.159 e. The van der Waals surface area contributed by atoms with Crippen LogP contribution in [0, 0.1) is 0 Å². The normalized spacial score (nSPS) is 11.3. The second kappa shape index (κ2) is 6.41. The van der Waals surface area contributed by atoms with Crippen LogP contribution in [0.4, 0.5) is 5.69 Å². The van der Waals surface area contributed by atoms with E-state index in [0.717, 1.165) is 45.7 Å². The minimum absolute atomic E-state index is 0.673. The molecule has 0 amide bonds. The molecule has 5 aromatic rings. The first kappa shape index (κ1) is 15.8. The van der Waals surface area contributed by atoms with Crippen molar-refractivity contribution < 1.29 is 0 Å². The number of hydrogen-bond acceptors (Lipinski definition) is 4. The Hall–Kier alpha value is -3.38. The zero-order valence-electron chi connectivity index (χ0n) is 14.2. The number of H-pyrrole nitrogens is 2.